The second kappa shape index (κ2) is 6.47. The summed E-state index contributed by atoms with van der Waals surface area (Å²) < 4.78 is 4.86. The Bertz CT molecular complexity index is 637. The molecule has 1 aliphatic rings. The fraction of sp³-hybridized carbons (Fsp3) is 0.294. The van der Waals surface area contributed by atoms with Crippen molar-refractivity contribution in [3.05, 3.63) is 54.2 Å². The van der Waals surface area contributed by atoms with E-state index in [1.165, 1.54) is 12.8 Å². The molecule has 0 amide bonds. The Morgan fingerprint density at radius 3 is 2.36 bits per heavy atom. The fourth-order valence-electron chi connectivity index (χ4n) is 2.79. The van der Waals surface area contributed by atoms with Crippen molar-refractivity contribution >= 4 is 17.5 Å². The summed E-state index contributed by atoms with van der Waals surface area (Å²) in [5.74, 6) is 0.527. The summed E-state index contributed by atoms with van der Waals surface area (Å²) in [5.41, 5.74) is 1.82. The lowest BCUT2D eigenvalue weighted by Gasteiger charge is -2.32. The summed E-state index contributed by atoms with van der Waals surface area (Å²) >= 11 is 0. The van der Waals surface area contributed by atoms with Gasteiger partial charge in [0.2, 0.25) is 0 Å². The van der Waals surface area contributed by atoms with Crippen LogP contribution in [0.3, 0.4) is 0 Å². The van der Waals surface area contributed by atoms with Gasteiger partial charge in [-0.1, -0.05) is 18.2 Å². The molecule has 1 aromatic carbocycles. The Hall–Kier alpha value is -2.56. The number of nitrogens with zero attached hydrogens (tertiary/aromatic N) is 2. The average molecular weight is 298 g/mol. The molecule has 22 heavy (non-hydrogen) atoms. The number of H-pyrrole nitrogens is 1. The molecule has 0 saturated carbocycles. The molecule has 5 nitrogen and oxygen atoms in total. The summed E-state index contributed by atoms with van der Waals surface area (Å²) in [6.45, 7) is 3.57. The summed E-state index contributed by atoms with van der Waals surface area (Å²) in [4.78, 5) is 19.6. The van der Waals surface area contributed by atoms with Gasteiger partial charge in [-0.25, -0.2) is 9.78 Å². The summed E-state index contributed by atoms with van der Waals surface area (Å²) in [5, 5.41) is 0. The molecule has 0 spiro atoms. The molecule has 2 aromatic rings. The van der Waals surface area contributed by atoms with Gasteiger partial charge in [-0.2, -0.15) is 0 Å². The van der Waals surface area contributed by atoms with E-state index >= 15 is 0 Å². The molecule has 1 aromatic heterocycles. The maximum absolute atomic E-state index is 11.9. The lowest BCUT2D eigenvalue weighted by Crippen LogP contribution is -2.48. The van der Waals surface area contributed by atoms with E-state index < -0.39 is 0 Å². The summed E-state index contributed by atoms with van der Waals surface area (Å²) in [7, 11) is 1.41. The lowest BCUT2D eigenvalue weighted by atomic mass is 10.2. The van der Waals surface area contributed by atoms with Gasteiger partial charge in [0.15, 0.2) is 0 Å². The third-order valence-electron chi connectivity index (χ3n) is 3.96. The summed E-state index contributed by atoms with van der Waals surface area (Å²) in [6, 6.07) is 14.0. The third kappa shape index (κ3) is 2.88. The van der Waals surface area contributed by atoms with Crippen LogP contribution in [-0.2, 0) is 4.74 Å². The minimum absolute atomic E-state index is 0.308. The number of nitrogens with one attached hydrogen (secondary N) is 1. The van der Waals surface area contributed by atoms with Crippen LogP contribution in [0.4, 0.5) is 11.5 Å². The molecule has 1 saturated heterocycles. The van der Waals surface area contributed by atoms with Crippen LogP contribution in [-0.4, -0.2) is 39.3 Å². The first-order valence-corrected chi connectivity index (χ1v) is 7.43. The molecule has 2 heterocycles. The molecule has 0 atom stereocenters. The summed E-state index contributed by atoms with van der Waals surface area (Å²) in [6.07, 6.45) is 1.84. The van der Waals surface area contributed by atoms with Crippen LogP contribution in [0.15, 0.2) is 48.7 Å². The number of ether oxygens (including phenoxy) is 1. The van der Waals surface area contributed by atoms with E-state index in [1.807, 2.05) is 18.3 Å². The highest BCUT2D eigenvalue weighted by Crippen LogP contribution is 2.20. The Morgan fingerprint density at radius 1 is 1.00 bits per heavy atom. The molecule has 1 aliphatic heterocycles. The van der Waals surface area contributed by atoms with E-state index in [4.69, 9.17) is 4.74 Å². The number of carbonyl (C=O) groups excluding carboxylic acids is 1. The molecule has 1 N–H and O–H groups in total. The number of hydrogen-bond acceptors (Lipinski definition) is 4. The van der Waals surface area contributed by atoms with Crippen molar-refractivity contribution in [1.82, 2.24) is 0 Å². The predicted octanol–water partition coefficient (Wildman–Crippen LogP) is 1.61. The van der Waals surface area contributed by atoms with E-state index in [0.29, 0.717) is 5.56 Å². The van der Waals surface area contributed by atoms with Crippen LogP contribution in [0.2, 0.25) is 0 Å². The Labute approximate surface area is 130 Å². The normalized spacial score (nSPS) is 14.8. The number of piperazine rings is 1. The second-order valence-electron chi connectivity index (χ2n) is 5.23. The van der Waals surface area contributed by atoms with E-state index in [9.17, 15) is 4.79 Å². The monoisotopic (exact) mass is 298 g/mol. The van der Waals surface area contributed by atoms with E-state index in [-0.39, 0.29) is 5.97 Å². The zero-order valence-corrected chi connectivity index (χ0v) is 12.7. The number of anilines is 2. The first kappa shape index (κ1) is 14.4. The van der Waals surface area contributed by atoms with Gasteiger partial charge in [-0.05, 0) is 24.3 Å². The predicted molar refractivity (Wildman–Crippen MR) is 85.2 cm³/mol. The average Bonchev–Trinajstić information content (AvgIpc) is 2.62. The number of aromatic nitrogens is 1. The smallest absolute Gasteiger partial charge is 0.346 e. The molecule has 0 unspecified atom stereocenters. The largest absolute Gasteiger partial charge is 0.465 e. The van der Waals surface area contributed by atoms with Gasteiger partial charge in [-0.15, -0.1) is 0 Å². The first-order valence-electron chi connectivity index (χ1n) is 7.43. The molecule has 114 valence electrons. The molecular formula is C17H20N3O2+. The Kier molecular flexibility index (Phi) is 4.23. The van der Waals surface area contributed by atoms with Crippen molar-refractivity contribution in [2.45, 2.75) is 0 Å². The molecule has 0 radical (unpaired) electrons. The first-order chi connectivity index (χ1) is 10.8. The quantitative estimate of drug-likeness (QED) is 0.808. The van der Waals surface area contributed by atoms with E-state index in [1.54, 1.807) is 6.07 Å². The van der Waals surface area contributed by atoms with Crippen LogP contribution < -0.4 is 14.8 Å². The minimum Gasteiger partial charge on any atom is -0.465 e. The van der Waals surface area contributed by atoms with E-state index in [2.05, 4.69) is 39.0 Å². The number of para-hydroxylation sites is 1. The number of carbonyl (C=O) groups is 1. The maximum Gasteiger partial charge on any atom is 0.346 e. The van der Waals surface area contributed by atoms with Crippen molar-refractivity contribution in [3.63, 3.8) is 0 Å². The maximum atomic E-state index is 11.9. The van der Waals surface area contributed by atoms with Gasteiger partial charge >= 0.3 is 5.97 Å². The molecule has 0 bridgehead atoms. The Morgan fingerprint density at radius 2 is 1.68 bits per heavy atom. The number of aromatic amines is 1. The second-order valence-corrected chi connectivity index (χ2v) is 5.23. The van der Waals surface area contributed by atoms with Crippen molar-refractivity contribution in [2.24, 2.45) is 0 Å². The third-order valence-corrected chi connectivity index (χ3v) is 3.96. The van der Waals surface area contributed by atoms with Gasteiger partial charge in [0, 0.05) is 5.69 Å². The van der Waals surface area contributed by atoms with Gasteiger partial charge in [0.05, 0.1) is 26.4 Å². The number of esters is 1. The van der Waals surface area contributed by atoms with Crippen LogP contribution in [0.1, 0.15) is 10.4 Å². The molecule has 3 rings (SSSR count). The topological polar surface area (TPSA) is 46.9 Å². The molecular weight excluding hydrogens is 278 g/mol. The highest BCUT2D eigenvalue weighted by Gasteiger charge is 2.28. The zero-order valence-electron chi connectivity index (χ0n) is 12.7. The van der Waals surface area contributed by atoms with Crippen LogP contribution in [0.25, 0.3) is 0 Å². The Balaban J connectivity index is 1.73. The highest BCUT2D eigenvalue weighted by molar-refractivity contribution is 5.93. The van der Waals surface area contributed by atoms with Crippen LogP contribution in [0.5, 0.6) is 0 Å². The minimum atomic E-state index is -0.308. The molecule has 5 heteroatoms. The van der Waals surface area contributed by atoms with Crippen LogP contribution >= 0.6 is 0 Å². The number of benzene rings is 1. The van der Waals surface area contributed by atoms with Crippen molar-refractivity contribution in [2.75, 3.05) is 43.1 Å². The van der Waals surface area contributed by atoms with Gasteiger partial charge < -0.3 is 9.64 Å². The van der Waals surface area contributed by atoms with Gasteiger partial charge in [0.25, 0.3) is 5.82 Å². The van der Waals surface area contributed by atoms with Gasteiger partial charge in [0.1, 0.15) is 18.7 Å². The number of pyridine rings is 1. The molecule has 1 fully saturated rings. The highest BCUT2D eigenvalue weighted by atomic mass is 16.5. The molecule has 0 aliphatic carbocycles. The fourth-order valence-corrected chi connectivity index (χ4v) is 2.79. The number of methoxy groups -OCH3 is 1. The van der Waals surface area contributed by atoms with Crippen LogP contribution in [0, 0.1) is 0 Å². The lowest BCUT2D eigenvalue weighted by molar-refractivity contribution is -0.364. The van der Waals surface area contributed by atoms with Crippen molar-refractivity contribution < 1.29 is 14.5 Å². The zero-order chi connectivity index (χ0) is 15.4. The number of hydrogen-bond donors (Lipinski definition) is 0. The van der Waals surface area contributed by atoms with Gasteiger partial charge in [-0.3, -0.25) is 4.90 Å². The number of rotatable bonds is 3. The van der Waals surface area contributed by atoms with E-state index in [0.717, 1.165) is 32.0 Å². The standard InChI is InChI=1S/C17H19N3O2/c1-22-17(21)15-8-5-9-18-16(15)20-12-10-19(11-13-20)14-6-3-2-4-7-14/h2-9H,10-13H2,1H3/p+1. The SMILES string of the molecule is COC(=O)c1ccc[nH+]c1N1CCN(c2ccccc2)CC1. The van der Waals surface area contributed by atoms with Crippen molar-refractivity contribution in [1.29, 1.82) is 0 Å². The van der Waals surface area contributed by atoms with Crippen molar-refractivity contribution in [3.8, 4) is 0 Å².